The molecule has 2 heteroatoms. The summed E-state index contributed by atoms with van der Waals surface area (Å²) in [7, 11) is 0. The molecule has 2 nitrogen and oxygen atoms in total. The van der Waals surface area contributed by atoms with E-state index >= 15 is 0 Å². The number of carbonyl (C=O) groups excluding carboxylic acids is 1. The minimum Gasteiger partial charge on any atom is -0.322 e. The van der Waals surface area contributed by atoms with E-state index in [2.05, 4.69) is 0 Å². The molecule has 0 heterocycles. The lowest BCUT2D eigenvalue weighted by Crippen LogP contribution is -2.32. The van der Waals surface area contributed by atoms with Crippen LogP contribution in [0.1, 0.15) is 25.7 Å². The second kappa shape index (κ2) is 2.27. The Balaban J connectivity index is 2.39. The van der Waals surface area contributed by atoms with Gasteiger partial charge in [-0.15, -0.1) is 0 Å². The van der Waals surface area contributed by atoms with E-state index in [0.717, 1.165) is 19.3 Å². The Bertz CT molecular complexity index is 101. The predicted octanol–water partition coefficient (Wildman–Crippen LogP) is 0.457. The number of ketones is 1. The molecule has 8 heavy (non-hydrogen) atoms. The van der Waals surface area contributed by atoms with Crippen molar-refractivity contribution in [2.45, 2.75) is 31.7 Å². The van der Waals surface area contributed by atoms with Crippen LogP contribution in [0.4, 0.5) is 0 Å². The number of Topliss-reactive ketones (excluding diaryl/α,β-unsaturated/α-hetero) is 1. The van der Waals surface area contributed by atoms with Crippen molar-refractivity contribution in [3.05, 3.63) is 0 Å². The van der Waals surface area contributed by atoms with Gasteiger partial charge in [0.05, 0.1) is 6.04 Å². The van der Waals surface area contributed by atoms with E-state index in [1.165, 1.54) is 0 Å². The third-order valence-electron chi connectivity index (χ3n) is 1.60. The molecule has 0 radical (unpaired) electrons. The van der Waals surface area contributed by atoms with E-state index in [4.69, 9.17) is 5.73 Å². The average Bonchev–Trinajstić information content (AvgIpc) is 1.77. The zero-order valence-corrected chi connectivity index (χ0v) is 4.89. The lowest BCUT2D eigenvalue weighted by molar-refractivity contribution is -0.121. The summed E-state index contributed by atoms with van der Waals surface area (Å²) in [4.78, 5) is 10.7. The van der Waals surface area contributed by atoms with Crippen molar-refractivity contribution in [1.29, 1.82) is 0 Å². The van der Waals surface area contributed by atoms with Crippen molar-refractivity contribution in [3.8, 4) is 0 Å². The highest BCUT2D eigenvalue weighted by atomic mass is 16.1. The molecular weight excluding hydrogens is 102 g/mol. The van der Waals surface area contributed by atoms with E-state index in [0.29, 0.717) is 6.42 Å². The van der Waals surface area contributed by atoms with Crippen LogP contribution < -0.4 is 5.73 Å². The van der Waals surface area contributed by atoms with Gasteiger partial charge in [-0.3, -0.25) is 4.79 Å². The lowest BCUT2D eigenvalue weighted by atomic mass is 9.95. The minimum atomic E-state index is -0.135. The maximum absolute atomic E-state index is 10.7. The minimum absolute atomic E-state index is 0.135. The van der Waals surface area contributed by atoms with Crippen LogP contribution in [-0.4, -0.2) is 11.8 Å². The maximum Gasteiger partial charge on any atom is 0.149 e. The lowest BCUT2D eigenvalue weighted by Gasteiger charge is -2.14. The zero-order valence-electron chi connectivity index (χ0n) is 4.89. The van der Waals surface area contributed by atoms with E-state index < -0.39 is 0 Å². The molecule has 1 saturated carbocycles. The van der Waals surface area contributed by atoms with Crippen LogP contribution in [0.25, 0.3) is 0 Å². The van der Waals surface area contributed by atoms with Crippen molar-refractivity contribution in [1.82, 2.24) is 0 Å². The molecule has 0 aromatic heterocycles. The van der Waals surface area contributed by atoms with Crippen LogP contribution in [0.3, 0.4) is 0 Å². The monoisotopic (exact) mass is 113 g/mol. The quantitative estimate of drug-likeness (QED) is 0.496. The van der Waals surface area contributed by atoms with Crippen LogP contribution >= 0.6 is 0 Å². The van der Waals surface area contributed by atoms with Gasteiger partial charge in [0.15, 0.2) is 0 Å². The molecule has 46 valence electrons. The van der Waals surface area contributed by atoms with Gasteiger partial charge in [0.2, 0.25) is 0 Å². The summed E-state index contributed by atoms with van der Waals surface area (Å²) in [5.74, 6) is 0.247. The molecular formula is C6H11NO. The smallest absolute Gasteiger partial charge is 0.149 e. The zero-order chi connectivity index (χ0) is 5.98. The molecule has 0 aromatic carbocycles. The molecule has 0 aromatic rings. The molecule has 2 N–H and O–H groups in total. The Hall–Kier alpha value is -0.370. The van der Waals surface area contributed by atoms with Gasteiger partial charge in [0.25, 0.3) is 0 Å². The topological polar surface area (TPSA) is 43.1 Å². The molecule has 1 unspecified atom stereocenters. The summed E-state index contributed by atoms with van der Waals surface area (Å²) >= 11 is 0. The molecule has 0 amide bonds. The van der Waals surface area contributed by atoms with Crippen molar-refractivity contribution < 1.29 is 4.79 Å². The summed E-state index contributed by atoms with van der Waals surface area (Å²) < 4.78 is 0. The van der Waals surface area contributed by atoms with Gasteiger partial charge in [0, 0.05) is 6.42 Å². The highest BCUT2D eigenvalue weighted by molar-refractivity contribution is 5.84. The fourth-order valence-electron chi connectivity index (χ4n) is 1.01. The second-order valence-electron chi connectivity index (χ2n) is 2.32. The first-order chi connectivity index (χ1) is 3.80. The summed E-state index contributed by atoms with van der Waals surface area (Å²) in [5, 5.41) is 0. The molecule has 1 aliphatic carbocycles. The number of hydrogen-bond acceptors (Lipinski definition) is 2. The number of hydrogen-bond donors (Lipinski definition) is 1. The van der Waals surface area contributed by atoms with Gasteiger partial charge >= 0.3 is 0 Å². The van der Waals surface area contributed by atoms with Crippen molar-refractivity contribution in [3.63, 3.8) is 0 Å². The Morgan fingerprint density at radius 3 is 2.62 bits per heavy atom. The normalized spacial score (nSPS) is 30.6. The predicted molar refractivity (Wildman–Crippen MR) is 31.5 cm³/mol. The number of nitrogens with two attached hydrogens (primary N) is 1. The first-order valence-electron chi connectivity index (χ1n) is 3.09. The molecule has 0 saturated heterocycles. The first-order valence-corrected chi connectivity index (χ1v) is 3.09. The van der Waals surface area contributed by atoms with Gasteiger partial charge in [-0.1, -0.05) is 6.42 Å². The standard InChI is InChI=1S/C6H11NO/c7-5-3-1-2-4-6(5)8/h5H,1-4,7H2. The molecule has 1 rings (SSSR count). The molecule has 1 aliphatic rings. The Morgan fingerprint density at radius 1 is 1.50 bits per heavy atom. The molecule has 1 fully saturated rings. The van der Waals surface area contributed by atoms with E-state index in [1.54, 1.807) is 0 Å². The SMILES string of the molecule is NC1CCCCC1=O. The fourth-order valence-corrected chi connectivity index (χ4v) is 1.01. The van der Waals surface area contributed by atoms with Crippen LogP contribution in [0.5, 0.6) is 0 Å². The fraction of sp³-hybridized carbons (Fsp3) is 0.833. The molecule has 0 aliphatic heterocycles. The number of rotatable bonds is 0. The average molecular weight is 113 g/mol. The summed E-state index contributed by atoms with van der Waals surface area (Å²) in [5.41, 5.74) is 5.43. The van der Waals surface area contributed by atoms with Crippen LogP contribution in [-0.2, 0) is 4.79 Å². The van der Waals surface area contributed by atoms with Gasteiger partial charge in [0.1, 0.15) is 5.78 Å². The number of carbonyl (C=O) groups is 1. The van der Waals surface area contributed by atoms with Crippen LogP contribution in [0.15, 0.2) is 0 Å². The Morgan fingerprint density at radius 2 is 2.25 bits per heavy atom. The van der Waals surface area contributed by atoms with Gasteiger partial charge < -0.3 is 5.73 Å². The first kappa shape index (κ1) is 5.76. The third-order valence-corrected chi connectivity index (χ3v) is 1.60. The summed E-state index contributed by atoms with van der Waals surface area (Å²) in [6.07, 6.45) is 3.79. The van der Waals surface area contributed by atoms with Crippen molar-refractivity contribution >= 4 is 5.78 Å². The Kier molecular flexibility index (Phi) is 1.63. The molecule has 0 bridgehead atoms. The molecule has 0 spiro atoms. The van der Waals surface area contributed by atoms with Gasteiger partial charge in [-0.2, -0.15) is 0 Å². The second-order valence-corrected chi connectivity index (χ2v) is 2.32. The van der Waals surface area contributed by atoms with E-state index in [-0.39, 0.29) is 11.8 Å². The van der Waals surface area contributed by atoms with E-state index in [9.17, 15) is 4.79 Å². The van der Waals surface area contributed by atoms with Gasteiger partial charge in [-0.25, -0.2) is 0 Å². The highest BCUT2D eigenvalue weighted by Crippen LogP contribution is 2.11. The molecule has 1 atom stereocenters. The van der Waals surface area contributed by atoms with Crippen molar-refractivity contribution in [2.24, 2.45) is 5.73 Å². The van der Waals surface area contributed by atoms with Crippen molar-refractivity contribution in [2.75, 3.05) is 0 Å². The third kappa shape index (κ3) is 1.07. The van der Waals surface area contributed by atoms with Gasteiger partial charge in [-0.05, 0) is 12.8 Å². The summed E-state index contributed by atoms with van der Waals surface area (Å²) in [6, 6.07) is -0.135. The maximum atomic E-state index is 10.7. The van der Waals surface area contributed by atoms with E-state index in [1.807, 2.05) is 0 Å². The largest absolute Gasteiger partial charge is 0.322 e. The van der Waals surface area contributed by atoms with Crippen LogP contribution in [0.2, 0.25) is 0 Å². The van der Waals surface area contributed by atoms with Crippen LogP contribution in [0, 0.1) is 0 Å². The summed E-state index contributed by atoms with van der Waals surface area (Å²) in [6.45, 7) is 0. The Labute approximate surface area is 49.1 Å². The highest BCUT2D eigenvalue weighted by Gasteiger charge is 2.16.